The van der Waals surface area contributed by atoms with Gasteiger partial charge in [0.2, 0.25) is 5.75 Å². The average Bonchev–Trinajstić information content (AvgIpc) is 2.72. The smallest absolute Gasteiger partial charge is 0.204 e. The highest BCUT2D eigenvalue weighted by Gasteiger charge is 2.15. The van der Waals surface area contributed by atoms with Crippen molar-refractivity contribution in [2.45, 2.75) is 13.2 Å². The molecule has 0 amide bonds. The van der Waals surface area contributed by atoms with E-state index in [0.29, 0.717) is 36.2 Å². The first kappa shape index (κ1) is 17.7. The number of ether oxygens (including phenoxy) is 4. The van der Waals surface area contributed by atoms with Crippen LogP contribution in [0.5, 0.6) is 23.0 Å². The van der Waals surface area contributed by atoms with Gasteiger partial charge in [-0.25, -0.2) is 0 Å². The van der Waals surface area contributed by atoms with Gasteiger partial charge >= 0.3 is 0 Å². The van der Waals surface area contributed by atoms with E-state index >= 15 is 0 Å². The highest BCUT2D eigenvalue weighted by molar-refractivity contribution is 5.56. The van der Waals surface area contributed by atoms with Crippen LogP contribution >= 0.6 is 0 Å². The van der Waals surface area contributed by atoms with Crippen LogP contribution in [0.4, 0.5) is 0 Å². The molecule has 0 unspecified atom stereocenters. The Bertz CT molecular complexity index is 791. The molecule has 0 saturated heterocycles. The lowest BCUT2D eigenvalue weighted by atomic mass is 10.2. The molecule has 4 nitrogen and oxygen atoms in total. The lowest BCUT2D eigenvalue weighted by Crippen LogP contribution is -2.02. The number of hydrogen-bond acceptors (Lipinski definition) is 4. The van der Waals surface area contributed by atoms with Gasteiger partial charge in [-0.3, -0.25) is 0 Å². The van der Waals surface area contributed by atoms with Gasteiger partial charge in [-0.05, 0) is 11.1 Å². The molecule has 0 radical (unpaired) electrons. The molecular formula is C22H22O4. The van der Waals surface area contributed by atoms with Crippen LogP contribution in [0.1, 0.15) is 11.1 Å². The molecular weight excluding hydrogens is 328 g/mol. The molecule has 0 aromatic heterocycles. The summed E-state index contributed by atoms with van der Waals surface area (Å²) in [6, 6.07) is 23.6. The Balaban J connectivity index is 1.76. The minimum absolute atomic E-state index is 0.428. The van der Waals surface area contributed by atoms with Crippen molar-refractivity contribution in [2.24, 2.45) is 0 Å². The zero-order valence-corrected chi connectivity index (χ0v) is 15.0. The van der Waals surface area contributed by atoms with Crippen molar-refractivity contribution in [2.75, 3.05) is 14.2 Å². The van der Waals surface area contributed by atoms with Crippen molar-refractivity contribution in [3.63, 3.8) is 0 Å². The Labute approximate surface area is 153 Å². The van der Waals surface area contributed by atoms with Gasteiger partial charge in [0.1, 0.15) is 19.0 Å². The maximum absolute atomic E-state index is 5.95. The summed E-state index contributed by atoms with van der Waals surface area (Å²) in [6.07, 6.45) is 0. The van der Waals surface area contributed by atoms with Gasteiger partial charge in [0, 0.05) is 12.1 Å². The van der Waals surface area contributed by atoms with Crippen LogP contribution in [0.3, 0.4) is 0 Å². The van der Waals surface area contributed by atoms with Crippen LogP contribution in [-0.4, -0.2) is 14.2 Å². The Hall–Kier alpha value is -3.14. The molecule has 0 heterocycles. The van der Waals surface area contributed by atoms with Crippen molar-refractivity contribution < 1.29 is 18.9 Å². The molecule has 0 aliphatic rings. The molecule has 0 saturated carbocycles. The highest BCUT2D eigenvalue weighted by atomic mass is 16.5. The molecule has 0 atom stereocenters. The predicted molar refractivity (Wildman–Crippen MR) is 101 cm³/mol. The Morgan fingerprint density at radius 2 is 1.08 bits per heavy atom. The molecule has 0 fully saturated rings. The van der Waals surface area contributed by atoms with Gasteiger partial charge in [-0.1, -0.05) is 60.7 Å². The summed E-state index contributed by atoms with van der Waals surface area (Å²) in [7, 11) is 3.20. The average molecular weight is 350 g/mol. The SMILES string of the molecule is COc1cc(OCc2ccccc2)cc(OC)c1OCc1ccccc1. The van der Waals surface area contributed by atoms with Gasteiger partial charge in [0.15, 0.2) is 11.5 Å². The third kappa shape index (κ3) is 4.48. The van der Waals surface area contributed by atoms with E-state index in [1.165, 1.54) is 0 Å². The van der Waals surface area contributed by atoms with Crippen LogP contribution in [0.15, 0.2) is 72.8 Å². The summed E-state index contributed by atoms with van der Waals surface area (Å²) < 4.78 is 22.8. The second-order valence-corrected chi connectivity index (χ2v) is 5.71. The second kappa shape index (κ2) is 8.81. The number of methoxy groups -OCH3 is 2. The van der Waals surface area contributed by atoms with Crippen molar-refractivity contribution in [3.8, 4) is 23.0 Å². The summed E-state index contributed by atoms with van der Waals surface area (Å²) in [4.78, 5) is 0. The summed E-state index contributed by atoms with van der Waals surface area (Å²) in [5.74, 6) is 2.37. The summed E-state index contributed by atoms with van der Waals surface area (Å²) in [6.45, 7) is 0.898. The molecule has 134 valence electrons. The van der Waals surface area contributed by atoms with Crippen LogP contribution in [0.25, 0.3) is 0 Å². The molecule has 0 aliphatic carbocycles. The first-order chi connectivity index (χ1) is 12.8. The zero-order chi connectivity index (χ0) is 18.2. The highest BCUT2D eigenvalue weighted by Crippen LogP contribution is 2.41. The third-order valence-electron chi connectivity index (χ3n) is 3.91. The van der Waals surface area contributed by atoms with E-state index in [9.17, 15) is 0 Å². The topological polar surface area (TPSA) is 36.9 Å². The fraction of sp³-hybridized carbons (Fsp3) is 0.182. The first-order valence-electron chi connectivity index (χ1n) is 8.39. The van der Waals surface area contributed by atoms with E-state index in [-0.39, 0.29) is 0 Å². The van der Waals surface area contributed by atoms with Crippen LogP contribution < -0.4 is 18.9 Å². The zero-order valence-electron chi connectivity index (χ0n) is 15.0. The summed E-state index contributed by atoms with van der Waals surface area (Å²) in [5, 5.41) is 0. The molecule has 3 aromatic carbocycles. The minimum atomic E-state index is 0.428. The molecule has 0 bridgehead atoms. The quantitative estimate of drug-likeness (QED) is 0.581. The number of hydrogen-bond donors (Lipinski definition) is 0. The van der Waals surface area contributed by atoms with E-state index in [4.69, 9.17) is 18.9 Å². The van der Waals surface area contributed by atoms with Gasteiger partial charge in [0.25, 0.3) is 0 Å². The lowest BCUT2D eigenvalue weighted by Gasteiger charge is -2.16. The van der Waals surface area contributed by atoms with Gasteiger partial charge < -0.3 is 18.9 Å². The summed E-state index contributed by atoms with van der Waals surface area (Å²) in [5.41, 5.74) is 2.16. The van der Waals surface area contributed by atoms with Crippen LogP contribution in [-0.2, 0) is 13.2 Å². The Morgan fingerprint density at radius 3 is 1.54 bits per heavy atom. The number of benzene rings is 3. The van der Waals surface area contributed by atoms with E-state index in [1.807, 2.05) is 72.8 Å². The van der Waals surface area contributed by atoms with Gasteiger partial charge in [0.05, 0.1) is 14.2 Å². The first-order valence-corrected chi connectivity index (χ1v) is 8.39. The largest absolute Gasteiger partial charge is 0.493 e. The van der Waals surface area contributed by atoms with E-state index in [0.717, 1.165) is 11.1 Å². The molecule has 0 aliphatic heterocycles. The fourth-order valence-electron chi connectivity index (χ4n) is 2.55. The van der Waals surface area contributed by atoms with E-state index in [1.54, 1.807) is 14.2 Å². The Kier molecular flexibility index (Phi) is 5.99. The van der Waals surface area contributed by atoms with Crippen molar-refractivity contribution in [1.82, 2.24) is 0 Å². The van der Waals surface area contributed by atoms with Crippen molar-refractivity contribution >= 4 is 0 Å². The molecule has 0 spiro atoms. The summed E-state index contributed by atoms with van der Waals surface area (Å²) >= 11 is 0. The molecule has 4 heteroatoms. The normalized spacial score (nSPS) is 10.2. The number of rotatable bonds is 8. The van der Waals surface area contributed by atoms with E-state index < -0.39 is 0 Å². The fourth-order valence-corrected chi connectivity index (χ4v) is 2.55. The predicted octanol–water partition coefficient (Wildman–Crippen LogP) is 4.86. The van der Waals surface area contributed by atoms with Gasteiger partial charge in [-0.2, -0.15) is 0 Å². The maximum Gasteiger partial charge on any atom is 0.204 e. The van der Waals surface area contributed by atoms with Crippen LogP contribution in [0.2, 0.25) is 0 Å². The monoisotopic (exact) mass is 350 g/mol. The van der Waals surface area contributed by atoms with Crippen molar-refractivity contribution in [3.05, 3.63) is 83.9 Å². The third-order valence-corrected chi connectivity index (χ3v) is 3.91. The standard InChI is InChI=1S/C22H22O4/c1-23-20-13-19(25-15-17-9-5-3-6-10-17)14-21(24-2)22(20)26-16-18-11-7-4-8-12-18/h3-14H,15-16H2,1-2H3. The Morgan fingerprint density at radius 1 is 0.615 bits per heavy atom. The lowest BCUT2D eigenvalue weighted by molar-refractivity contribution is 0.259. The molecule has 3 aromatic rings. The van der Waals surface area contributed by atoms with Gasteiger partial charge in [-0.15, -0.1) is 0 Å². The van der Waals surface area contributed by atoms with Crippen LogP contribution in [0, 0.1) is 0 Å². The van der Waals surface area contributed by atoms with Crippen molar-refractivity contribution in [1.29, 1.82) is 0 Å². The maximum atomic E-state index is 5.95. The minimum Gasteiger partial charge on any atom is -0.493 e. The molecule has 0 N–H and O–H groups in total. The molecule has 26 heavy (non-hydrogen) atoms. The van der Waals surface area contributed by atoms with E-state index in [2.05, 4.69) is 0 Å². The molecule has 3 rings (SSSR count). The second-order valence-electron chi connectivity index (χ2n) is 5.71.